The van der Waals surface area contributed by atoms with Gasteiger partial charge < -0.3 is 4.74 Å². The first-order chi connectivity index (χ1) is 13.0. The smallest absolute Gasteiger partial charge is 0.406 e. The maximum absolute atomic E-state index is 12.3. The van der Waals surface area contributed by atoms with Crippen molar-refractivity contribution in [3.63, 3.8) is 0 Å². The first-order valence-corrected chi connectivity index (χ1v) is 8.18. The summed E-state index contributed by atoms with van der Waals surface area (Å²) in [5.41, 5.74) is 3.89. The normalized spacial score (nSPS) is 11.9. The van der Waals surface area contributed by atoms with Gasteiger partial charge in [0.1, 0.15) is 5.75 Å². The summed E-state index contributed by atoms with van der Waals surface area (Å²) in [5, 5.41) is 12.3. The Balaban J connectivity index is 1.82. The van der Waals surface area contributed by atoms with E-state index >= 15 is 0 Å². The quantitative estimate of drug-likeness (QED) is 0.580. The molecule has 1 aromatic carbocycles. The van der Waals surface area contributed by atoms with Crippen LogP contribution < -0.4 is 4.74 Å². The molecule has 3 aromatic heterocycles. The van der Waals surface area contributed by atoms with E-state index in [2.05, 4.69) is 25.0 Å². The fraction of sp³-hybridized carbons (Fsp3) is 0.167. The third-order valence-corrected chi connectivity index (χ3v) is 4.10. The minimum absolute atomic E-state index is 0.287. The molecule has 0 saturated carbocycles. The highest BCUT2D eigenvalue weighted by molar-refractivity contribution is 5.95. The van der Waals surface area contributed by atoms with Crippen molar-refractivity contribution in [3.8, 4) is 22.6 Å². The third kappa shape index (κ3) is 3.23. The Morgan fingerprint density at radius 3 is 2.56 bits per heavy atom. The Kier molecular flexibility index (Phi) is 4.06. The number of H-pyrrole nitrogens is 1. The highest BCUT2D eigenvalue weighted by atomic mass is 19.4. The molecule has 0 aliphatic rings. The summed E-state index contributed by atoms with van der Waals surface area (Å²) in [6.07, 6.45) is 1.12. The molecule has 0 aliphatic heterocycles. The van der Waals surface area contributed by atoms with Gasteiger partial charge in [-0.05, 0) is 42.3 Å². The van der Waals surface area contributed by atoms with E-state index in [1.54, 1.807) is 23.3 Å². The molecule has 0 spiro atoms. The van der Waals surface area contributed by atoms with E-state index in [-0.39, 0.29) is 5.75 Å². The number of hydrogen-bond acceptors (Lipinski definition) is 4. The highest BCUT2D eigenvalue weighted by Gasteiger charge is 2.31. The average molecular weight is 373 g/mol. The van der Waals surface area contributed by atoms with Gasteiger partial charge in [-0.3, -0.25) is 5.10 Å². The molecule has 27 heavy (non-hydrogen) atoms. The van der Waals surface area contributed by atoms with E-state index in [4.69, 9.17) is 0 Å². The molecule has 3 heterocycles. The van der Waals surface area contributed by atoms with E-state index in [0.29, 0.717) is 17.8 Å². The maximum Gasteiger partial charge on any atom is 0.573 e. The number of halogens is 3. The molecule has 0 atom stereocenters. The van der Waals surface area contributed by atoms with Crippen molar-refractivity contribution in [3.05, 3.63) is 54.6 Å². The largest absolute Gasteiger partial charge is 0.573 e. The van der Waals surface area contributed by atoms with Crippen molar-refractivity contribution in [1.29, 1.82) is 0 Å². The van der Waals surface area contributed by atoms with Gasteiger partial charge in [-0.2, -0.15) is 10.2 Å². The Morgan fingerprint density at radius 2 is 1.93 bits per heavy atom. The molecule has 1 N–H and O–H groups in total. The minimum atomic E-state index is -4.73. The van der Waals surface area contributed by atoms with Gasteiger partial charge in [-0.1, -0.05) is 6.92 Å². The van der Waals surface area contributed by atoms with Gasteiger partial charge in [-0.25, -0.2) is 9.67 Å². The van der Waals surface area contributed by atoms with Crippen LogP contribution in [0, 0.1) is 0 Å². The van der Waals surface area contributed by atoms with Crippen molar-refractivity contribution in [1.82, 2.24) is 25.0 Å². The lowest BCUT2D eigenvalue weighted by Gasteiger charge is -2.09. The van der Waals surface area contributed by atoms with Crippen LogP contribution in [0.4, 0.5) is 13.2 Å². The maximum atomic E-state index is 12.3. The van der Waals surface area contributed by atoms with Crippen molar-refractivity contribution >= 4 is 11.0 Å². The number of hydrogen-bond donors (Lipinski definition) is 1. The Morgan fingerprint density at radius 1 is 1.15 bits per heavy atom. The lowest BCUT2D eigenvalue weighted by Crippen LogP contribution is -2.17. The Labute approximate surface area is 151 Å². The van der Waals surface area contributed by atoms with Gasteiger partial charge in [0.2, 0.25) is 0 Å². The third-order valence-electron chi connectivity index (χ3n) is 4.10. The van der Waals surface area contributed by atoms with Crippen LogP contribution in [0.1, 0.15) is 12.6 Å². The van der Waals surface area contributed by atoms with E-state index in [0.717, 1.165) is 22.2 Å². The number of pyridine rings is 1. The molecule has 4 rings (SSSR count). The van der Waals surface area contributed by atoms with Crippen molar-refractivity contribution < 1.29 is 17.9 Å². The molecule has 0 saturated heterocycles. The van der Waals surface area contributed by atoms with E-state index in [1.807, 2.05) is 13.0 Å². The predicted molar refractivity (Wildman–Crippen MR) is 92.5 cm³/mol. The molecule has 0 bridgehead atoms. The van der Waals surface area contributed by atoms with Crippen LogP contribution in [-0.4, -0.2) is 31.3 Å². The number of rotatable bonds is 4. The van der Waals surface area contributed by atoms with Gasteiger partial charge in [-0.15, -0.1) is 13.2 Å². The molecule has 9 heteroatoms. The van der Waals surface area contributed by atoms with E-state index in [1.165, 1.54) is 24.3 Å². The standard InChI is InChI=1S/C18H14F3N5O/c1-2-15-16-14(11-9-23-24-10-11)7-8-22-17(16)26(25-15)12-3-5-13(6-4-12)27-18(19,20)21/h3-10H,2H2,1H3,(H,23,24). The zero-order valence-electron chi connectivity index (χ0n) is 14.2. The van der Waals surface area contributed by atoms with Gasteiger partial charge in [0.25, 0.3) is 0 Å². The van der Waals surface area contributed by atoms with Crippen LogP contribution in [0.15, 0.2) is 48.9 Å². The molecule has 0 amide bonds. The summed E-state index contributed by atoms with van der Waals surface area (Å²) in [6, 6.07) is 7.42. The molecule has 138 valence electrons. The number of aromatic amines is 1. The van der Waals surface area contributed by atoms with Crippen molar-refractivity contribution in [2.45, 2.75) is 19.7 Å². The molecule has 6 nitrogen and oxygen atoms in total. The zero-order valence-corrected chi connectivity index (χ0v) is 14.2. The van der Waals surface area contributed by atoms with Crippen LogP contribution in [0.3, 0.4) is 0 Å². The molecule has 0 unspecified atom stereocenters. The second-order valence-electron chi connectivity index (χ2n) is 5.80. The lowest BCUT2D eigenvalue weighted by molar-refractivity contribution is -0.274. The second kappa shape index (κ2) is 6.42. The van der Waals surface area contributed by atoms with Crippen LogP contribution in [0.5, 0.6) is 5.75 Å². The Hall–Kier alpha value is -3.36. The summed E-state index contributed by atoms with van der Waals surface area (Å²) in [6.45, 7) is 1.98. The summed E-state index contributed by atoms with van der Waals surface area (Å²) in [7, 11) is 0. The fourth-order valence-corrected chi connectivity index (χ4v) is 2.97. The summed E-state index contributed by atoms with van der Waals surface area (Å²) >= 11 is 0. The predicted octanol–water partition coefficient (Wildman–Crippen LogP) is 4.27. The zero-order chi connectivity index (χ0) is 19.0. The number of alkyl halides is 3. The molecular formula is C18H14F3N5O. The van der Waals surface area contributed by atoms with Crippen LogP contribution in [0.2, 0.25) is 0 Å². The number of fused-ring (bicyclic) bond motifs is 1. The topological polar surface area (TPSA) is 68.6 Å². The fourth-order valence-electron chi connectivity index (χ4n) is 2.97. The average Bonchev–Trinajstić information content (AvgIpc) is 3.29. The number of ether oxygens (including phenoxy) is 1. The minimum Gasteiger partial charge on any atom is -0.406 e. The molecule has 0 radical (unpaired) electrons. The monoisotopic (exact) mass is 373 g/mol. The van der Waals surface area contributed by atoms with Gasteiger partial charge >= 0.3 is 6.36 Å². The second-order valence-corrected chi connectivity index (χ2v) is 5.80. The van der Waals surface area contributed by atoms with E-state index < -0.39 is 6.36 Å². The van der Waals surface area contributed by atoms with Crippen molar-refractivity contribution in [2.75, 3.05) is 0 Å². The molecule has 4 aromatic rings. The number of aromatic nitrogens is 5. The molecule has 0 fully saturated rings. The van der Waals surface area contributed by atoms with Crippen LogP contribution in [0.25, 0.3) is 27.8 Å². The summed E-state index contributed by atoms with van der Waals surface area (Å²) in [4.78, 5) is 4.44. The number of nitrogens with one attached hydrogen (secondary N) is 1. The molecular weight excluding hydrogens is 359 g/mol. The van der Waals surface area contributed by atoms with E-state index in [9.17, 15) is 13.2 Å². The van der Waals surface area contributed by atoms with Gasteiger partial charge in [0, 0.05) is 18.0 Å². The van der Waals surface area contributed by atoms with Crippen LogP contribution >= 0.6 is 0 Å². The lowest BCUT2D eigenvalue weighted by atomic mass is 10.0. The number of aryl methyl sites for hydroxylation is 1. The summed E-state index contributed by atoms with van der Waals surface area (Å²) in [5.74, 6) is -0.287. The molecule has 0 aliphatic carbocycles. The van der Waals surface area contributed by atoms with Gasteiger partial charge in [0.05, 0.1) is 23.0 Å². The summed E-state index contributed by atoms with van der Waals surface area (Å²) < 4.78 is 42.6. The Bertz CT molecular complexity index is 1070. The van der Waals surface area contributed by atoms with Crippen molar-refractivity contribution in [2.24, 2.45) is 0 Å². The first kappa shape index (κ1) is 17.1. The number of nitrogens with zero attached hydrogens (tertiary/aromatic N) is 4. The number of benzene rings is 1. The first-order valence-electron chi connectivity index (χ1n) is 8.18. The highest BCUT2D eigenvalue weighted by Crippen LogP contribution is 2.31. The van der Waals surface area contributed by atoms with Gasteiger partial charge in [0.15, 0.2) is 5.65 Å². The SMILES string of the molecule is CCc1nn(-c2ccc(OC(F)(F)F)cc2)c2nccc(-c3cn[nH]c3)c12. The van der Waals surface area contributed by atoms with Crippen LogP contribution in [-0.2, 0) is 6.42 Å².